The maximum absolute atomic E-state index is 8.76. The first kappa shape index (κ1) is 13.5. The van der Waals surface area contributed by atoms with Gasteiger partial charge >= 0.3 is 0 Å². The van der Waals surface area contributed by atoms with Crippen molar-refractivity contribution in [3.05, 3.63) is 30.6 Å². The zero-order chi connectivity index (χ0) is 13.5. The number of aromatic nitrogens is 3. The summed E-state index contributed by atoms with van der Waals surface area (Å²) in [5.41, 5.74) is 1.98. The summed E-state index contributed by atoms with van der Waals surface area (Å²) in [6, 6.07) is 7.88. The van der Waals surface area contributed by atoms with E-state index in [0.717, 1.165) is 23.6 Å². The monoisotopic (exact) mass is 262 g/mol. The van der Waals surface area contributed by atoms with E-state index in [-0.39, 0.29) is 6.61 Å². The van der Waals surface area contributed by atoms with Gasteiger partial charge in [0.2, 0.25) is 0 Å². The van der Waals surface area contributed by atoms with Gasteiger partial charge in [0.25, 0.3) is 0 Å². The van der Waals surface area contributed by atoms with E-state index in [4.69, 9.17) is 9.84 Å². The highest BCUT2D eigenvalue weighted by molar-refractivity contribution is 5.59. The van der Waals surface area contributed by atoms with Crippen LogP contribution in [0.25, 0.3) is 11.4 Å². The van der Waals surface area contributed by atoms with Crippen LogP contribution in [-0.2, 0) is 11.3 Å². The molecule has 6 heteroatoms. The van der Waals surface area contributed by atoms with Crippen LogP contribution >= 0.6 is 0 Å². The molecule has 0 unspecified atom stereocenters. The largest absolute Gasteiger partial charge is 0.395 e. The SMILES string of the molecule is COCCn1cnnc1-c1ccc(NCCO)cc1. The number of aliphatic hydroxyl groups excluding tert-OH is 1. The molecule has 0 amide bonds. The minimum absolute atomic E-state index is 0.118. The van der Waals surface area contributed by atoms with Gasteiger partial charge in [-0.15, -0.1) is 10.2 Å². The van der Waals surface area contributed by atoms with Crippen molar-refractivity contribution in [3.8, 4) is 11.4 Å². The second-order valence-electron chi connectivity index (χ2n) is 4.07. The molecule has 0 aliphatic carbocycles. The highest BCUT2D eigenvalue weighted by atomic mass is 16.5. The lowest BCUT2D eigenvalue weighted by atomic mass is 10.2. The summed E-state index contributed by atoms with van der Waals surface area (Å²) in [6.45, 7) is 2.01. The Kier molecular flexibility index (Phi) is 4.88. The Labute approximate surface area is 112 Å². The van der Waals surface area contributed by atoms with Gasteiger partial charge in [0, 0.05) is 31.5 Å². The number of anilines is 1. The van der Waals surface area contributed by atoms with Gasteiger partial charge in [0.15, 0.2) is 5.82 Å². The molecule has 0 aliphatic rings. The normalized spacial score (nSPS) is 10.6. The molecule has 0 saturated carbocycles. The summed E-state index contributed by atoms with van der Waals surface area (Å²) in [4.78, 5) is 0. The Morgan fingerprint density at radius 2 is 2.11 bits per heavy atom. The topological polar surface area (TPSA) is 72.2 Å². The summed E-state index contributed by atoms with van der Waals surface area (Å²) in [6.07, 6.45) is 1.70. The van der Waals surface area contributed by atoms with E-state index >= 15 is 0 Å². The fourth-order valence-corrected chi connectivity index (χ4v) is 1.77. The lowest BCUT2D eigenvalue weighted by Crippen LogP contribution is -2.06. The molecule has 2 N–H and O–H groups in total. The predicted octanol–water partition coefficient (Wildman–Crippen LogP) is 0.996. The first-order valence-electron chi connectivity index (χ1n) is 6.17. The Balaban J connectivity index is 2.11. The van der Waals surface area contributed by atoms with Crippen molar-refractivity contribution in [1.82, 2.24) is 14.8 Å². The molecule has 0 aliphatic heterocycles. The van der Waals surface area contributed by atoms with Crippen molar-refractivity contribution in [2.24, 2.45) is 0 Å². The summed E-state index contributed by atoms with van der Waals surface area (Å²) in [7, 11) is 1.67. The van der Waals surface area contributed by atoms with Crippen molar-refractivity contribution in [2.45, 2.75) is 6.54 Å². The summed E-state index contributed by atoms with van der Waals surface area (Å²) in [5.74, 6) is 0.825. The minimum Gasteiger partial charge on any atom is -0.395 e. The van der Waals surface area contributed by atoms with Gasteiger partial charge in [0.05, 0.1) is 13.2 Å². The zero-order valence-electron chi connectivity index (χ0n) is 10.9. The van der Waals surface area contributed by atoms with Crippen LogP contribution in [-0.4, -0.2) is 46.7 Å². The highest BCUT2D eigenvalue weighted by Crippen LogP contribution is 2.19. The second kappa shape index (κ2) is 6.86. The molecule has 2 rings (SSSR count). The number of nitrogens with one attached hydrogen (secondary N) is 1. The van der Waals surface area contributed by atoms with Crippen LogP contribution in [0.1, 0.15) is 0 Å². The summed E-state index contributed by atoms with van der Waals surface area (Å²) >= 11 is 0. The van der Waals surface area contributed by atoms with E-state index < -0.39 is 0 Å². The first-order chi connectivity index (χ1) is 9.35. The average molecular weight is 262 g/mol. The van der Waals surface area contributed by atoms with Crippen LogP contribution in [0.3, 0.4) is 0 Å². The van der Waals surface area contributed by atoms with Crippen LogP contribution in [0.15, 0.2) is 30.6 Å². The first-order valence-corrected chi connectivity index (χ1v) is 6.17. The van der Waals surface area contributed by atoms with Gasteiger partial charge in [-0.2, -0.15) is 0 Å². The number of hydrogen-bond donors (Lipinski definition) is 2. The Hall–Kier alpha value is -1.92. The van der Waals surface area contributed by atoms with E-state index in [0.29, 0.717) is 13.2 Å². The number of aliphatic hydroxyl groups is 1. The second-order valence-corrected chi connectivity index (χ2v) is 4.07. The standard InChI is InChI=1S/C13H18N4O2/c1-19-9-7-17-10-15-16-13(17)11-2-4-12(5-3-11)14-6-8-18/h2-5,10,14,18H,6-9H2,1H3. The van der Waals surface area contributed by atoms with Crippen LogP contribution in [0.5, 0.6) is 0 Å². The third kappa shape index (κ3) is 3.52. The van der Waals surface area contributed by atoms with E-state index in [1.165, 1.54) is 0 Å². The molecule has 0 spiro atoms. The molecule has 19 heavy (non-hydrogen) atoms. The van der Waals surface area contributed by atoms with Crippen molar-refractivity contribution in [1.29, 1.82) is 0 Å². The van der Waals surface area contributed by atoms with E-state index in [2.05, 4.69) is 15.5 Å². The molecule has 0 atom stereocenters. The van der Waals surface area contributed by atoms with E-state index in [9.17, 15) is 0 Å². The van der Waals surface area contributed by atoms with E-state index in [1.54, 1.807) is 13.4 Å². The third-order valence-corrected chi connectivity index (χ3v) is 2.74. The molecule has 1 aromatic carbocycles. The number of nitrogens with zero attached hydrogens (tertiary/aromatic N) is 3. The van der Waals surface area contributed by atoms with Crippen molar-refractivity contribution >= 4 is 5.69 Å². The molecule has 6 nitrogen and oxygen atoms in total. The number of benzene rings is 1. The molecular weight excluding hydrogens is 244 g/mol. The van der Waals surface area contributed by atoms with Crippen LogP contribution in [0.2, 0.25) is 0 Å². The van der Waals surface area contributed by atoms with Gasteiger partial charge in [-0.1, -0.05) is 0 Å². The molecule has 0 saturated heterocycles. The lowest BCUT2D eigenvalue weighted by molar-refractivity contribution is 0.187. The number of rotatable bonds is 7. The predicted molar refractivity (Wildman–Crippen MR) is 72.9 cm³/mol. The van der Waals surface area contributed by atoms with Crippen LogP contribution < -0.4 is 5.32 Å². The molecule has 0 radical (unpaired) electrons. The molecule has 102 valence electrons. The van der Waals surface area contributed by atoms with Crippen molar-refractivity contribution in [2.75, 3.05) is 32.2 Å². The Bertz CT molecular complexity index is 496. The van der Waals surface area contributed by atoms with Gasteiger partial charge in [-0.25, -0.2) is 0 Å². The van der Waals surface area contributed by atoms with E-state index in [1.807, 2.05) is 28.8 Å². The molecule has 1 aromatic heterocycles. The summed E-state index contributed by atoms with van der Waals surface area (Å²) < 4.78 is 7.02. The minimum atomic E-state index is 0.118. The molecular formula is C13H18N4O2. The van der Waals surface area contributed by atoms with Crippen LogP contribution in [0, 0.1) is 0 Å². The fraction of sp³-hybridized carbons (Fsp3) is 0.385. The average Bonchev–Trinajstić information content (AvgIpc) is 2.92. The molecule has 0 bridgehead atoms. The number of hydrogen-bond acceptors (Lipinski definition) is 5. The third-order valence-electron chi connectivity index (χ3n) is 2.74. The Morgan fingerprint density at radius 1 is 1.32 bits per heavy atom. The Morgan fingerprint density at radius 3 is 2.79 bits per heavy atom. The molecule has 1 heterocycles. The van der Waals surface area contributed by atoms with Gasteiger partial charge in [0.1, 0.15) is 6.33 Å². The number of methoxy groups -OCH3 is 1. The lowest BCUT2D eigenvalue weighted by Gasteiger charge is -2.07. The van der Waals surface area contributed by atoms with Gasteiger partial charge in [-0.3, -0.25) is 0 Å². The zero-order valence-corrected chi connectivity index (χ0v) is 10.9. The smallest absolute Gasteiger partial charge is 0.163 e. The van der Waals surface area contributed by atoms with Gasteiger partial charge < -0.3 is 19.7 Å². The summed E-state index contributed by atoms with van der Waals surface area (Å²) in [5, 5.41) is 19.9. The molecule has 0 fully saturated rings. The maximum atomic E-state index is 8.76. The fourth-order valence-electron chi connectivity index (χ4n) is 1.77. The van der Waals surface area contributed by atoms with Gasteiger partial charge in [-0.05, 0) is 24.3 Å². The van der Waals surface area contributed by atoms with Crippen molar-refractivity contribution in [3.63, 3.8) is 0 Å². The number of ether oxygens (including phenoxy) is 1. The van der Waals surface area contributed by atoms with Crippen molar-refractivity contribution < 1.29 is 9.84 Å². The van der Waals surface area contributed by atoms with Crippen LogP contribution in [0.4, 0.5) is 5.69 Å². The molecule has 2 aromatic rings. The maximum Gasteiger partial charge on any atom is 0.163 e. The highest BCUT2D eigenvalue weighted by Gasteiger charge is 2.06. The quantitative estimate of drug-likeness (QED) is 0.778.